The van der Waals surface area contributed by atoms with Crippen LogP contribution in [-0.2, 0) is 20.7 Å². The van der Waals surface area contributed by atoms with Gasteiger partial charge < -0.3 is 4.74 Å². The van der Waals surface area contributed by atoms with Crippen LogP contribution in [0, 0.1) is 0 Å². The smallest absolute Gasteiger partial charge is 0.305 e. The van der Waals surface area contributed by atoms with Crippen molar-refractivity contribution in [2.75, 3.05) is 7.11 Å². The summed E-state index contributed by atoms with van der Waals surface area (Å²) in [5, 5.41) is 0. The molecular formula is C14H12O4. The highest BCUT2D eigenvalue weighted by Crippen LogP contribution is 2.20. The molecule has 0 heterocycles. The van der Waals surface area contributed by atoms with Crippen LogP contribution in [0.25, 0.3) is 6.08 Å². The molecule has 2 rings (SSSR count). The van der Waals surface area contributed by atoms with Crippen LogP contribution < -0.4 is 0 Å². The van der Waals surface area contributed by atoms with Crippen LogP contribution in [0.5, 0.6) is 0 Å². The second kappa shape index (κ2) is 4.96. The third kappa shape index (κ3) is 2.37. The lowest BCUT2D eigenvalue weighted by Gasteiger charge is -2.10. The Kier molecular flexibility index (Phi) is 3.37. The Morgan fingerprint density at radius 3 is 2.72 bits per heavy atom. The molecule has 0 spiro atoms. The minimum Gasteiger partial charge on any atom is -0.469 e. The second-order valence-electron chi connectivity index (χ2n) is 4.02. The molecule has 0 N–H and O–H groups in total. The zero-order valence-corrected chi connectivity index (χ0v) is 9.93. The summed E-state index contributed by atoms with van der Waals surface area (Å²) in [6.07, 6.45) is 3.75. The molecule has 0 aromatic heterocycles. The molecule has 0 atom stereocenters. The Bertz CT molecular complexity index is 555. The fraction of sp³-hybridized carbons (Fsp3) is 0.214. The summed E-state index contributed by atoms with van der Waals surface area (Å²) in [4.78, 5) is 33.8. The molecule has 0 unspecified atom stereocenters. The molecule has 1 aliphatic rings. The van der Waals surface area contributed by atoms with Crippen LogP contribution in [-0.4, -0.2) is 24.6 Å². The SMILES string of the molecule is COC(=O)CCc1ccc2c(c1)C=CC(=O)C2=O. The molecule has 0 fully saturated rings. The molecule has 4 nitrogen and oxygen atoms in total. The molecule has 0 radical (unpaired) electrons. The van der Waals surface area contributed by atoms with Crippen molar-refractivity contribution in [3.63, 3.8) is 0 Å². The molecule has 0 amide bonds. The fourth-order valence-electron chi connectivity index (χ4n) is 1.83. The van der Waals surface area contributed by atoms with Gasteiger partial charge in [-0.1, -0.05) is 24.3 Å². The zero-order valence-electron chi connectivity index (χ0n) is 9.93. The van der Waals surface area contributed by atoms with Crippen LogP contribution in [0.4, 0.5) is 0 Å². The van der Waals surface area contributed by atoms with Crippen LogP contribution in [0.2, 0.25) is 0 Å². The zero-order chi connectivity index (χ0) is 13.1. The molecule has 4 heteroatoms. The van der Waals surface area contributed by atoms with Gasteiger partial charge in [0.15, 0.2) is 0 Å². The third-order valence-corrected chi connectivity index (χ3v) is 2.84. The number of carbonyl (C=O) groups excluding carboxylic acids is 3. The van der Waals surface area contributed by atoms with Crippen molar-refractivity contribution >= 4 is 23.6 Å². The Morgan fingerprint density at radius 2 is 2.00 bits per heavy atom. The van der Waals surface area contributed by atoms with Crippen LogP contribution in [0.1, 0.15) is 27.9 Å². The van der Waals surface area contributed by atoms with Crippen molar-refractivity contribution in [2.45, 2.75) is 12.8 Å². The maximum atomic E-state index is 11.6. The van der Waals surface area contributed by atoms with Gasteiger partial charge in [-0.2, -0.15) is 0 Å². The van der Waals surface area contributed by atoms with Crippen molar-refractivity contribution in [1.29, 1.82) is 0 Å². The summed E-state index contributed by atoms with van der Waals surface area (Å²) in [6, 6.07) is 5.21. The van der Waals surface area contributed by atoms with Gasteiger partial charge in [0, 0.05) is 12.0 Å². The summed E-state index contributed by atoms with van der Waals surface area (Å²) in [5.74, 6) is -1.24. The van der Waals surface area contributed by atoms with E-state index in [9.17, 15) is 14.4 Å². The van der Waals surface area contributed by atoms with E-state index >= 15 is 0 Å². The topological polar surface area (TPSA) is 60.4 Å². The molecule has 0 saturated carbocycles. The Balaban J connectivity index is 2.20. The first-order valence-electron chi connectivity index (χ1n) is 5.58. The summed E-state index contributed by atoms with van der Waals surface area (Å²) in [5.41, 5.74) is 2.08. The van der Waals surface area contributed by atoms with Crippen molar-refractivity contribution in [3.05, 3.63) is 41.0 Å². The van der Waals surface area contributed by atoms with Gasteiger partial charge in [-0.25, -0.2) is 0 Å². The number of methoxy groups -OCH3 is 1. The monoisotopic (exact) mass is 244 g/mol. The van der Waals surface area contributed by atoms with Gasteiger partial charge in [0.25, 0.3) is 0 Å². The maximum Gasteiger partial charge on any atom is 0.305 e. The third-order valence-electron chi connectivity index (χ3n) is 2.84. The van der Waals surface area contributed by atoms with Gasteiger partial charge in [-0.05, 0) is 23.6 Å². The van der Waals surface area contributed by atoms with E-state index in [1.807, 2.05) is 6.07 Å². The minimum absolute atomic E-state index is 0.269. The van der Waals surface area contributed by atoms with Crippen molar-refractivity contribution in [2.24, 2.45) is 0 Å². The summed E-state index contributed by atoms with van der Waals surface area (Å²) < 4.78 is 4.56. The molecule has 0 saturated heterocycles. The van der Waals surface area contributed by atoms with Gasteiger partial charge in [-0.3, -0.25) is 14.4 Å². The first-order chi connectivity index (χ1) is 8.61. The van der Waals surface area contributed by atoms with Gasteiger partial charge in [-0.15, -0.1) is 0 Å². The fourth-order valence-corrected chi connectivity index (χ4v) is 1.83. The van der Waals surface area contributed by atoms with Gasteiger partial charge in [0.05, 0.1) is 7.11 Å². The van der Waals surface area contributed by atoms with Crippen LogP contribution in [0.15, 0.2) is 24.3 Å². The standard InChI is InChI=1S/C14H12O4/c1-18-13(16)7-3-9-2-5-11-10(8-9)4-6-12(15)14(11)17/h2,4-6,8H,3,7H2,1H3. The quantitative estimate of drug-likeness (QED) is 0.598. The summed E-state index contributed by atoms with van der Waals surface area (Å²) in [6.45, 7) is 0. The van der Waals surface area contributed by atoms with Gasteiger partial charge >= 0.3 is 5.97 Å². The lowest BCUT2D eigenvalue weighted by atomic mass is 9.93. The number of rotatable bonds is 3. The number of aryl methyl sites for hydroxylation is 1. The molecule has 0 aliphatic heterocycles. The number of esters is 1. The van der Waals surface area contributed by atoms with E-state index in [1.54, 1.807) is 18.2 Å². The second-order valence-corrected chi connectivity index (χ2v) is 4.02. The highest BCUT2D eigenvalue weighted by atomic mass is 16.5. The average Bonchev–Trinajstić information content (AvgIpc) is 2.40. The number of hydrogen-bond donors (Lipinski definition) is 0. The number of ketones is 2. The van der Waals surface area contributed by atoms with E-state index in [0.717, 1.165) is 11.1 Å². The number of carbonyl (C=O) groups is 3. The van der Waals surface area contributed by atoms with E-state index in [4.69, 9.17) is 0 Å². The predicted octanol–water partition coefficient (Wildman–Crippen LogP) is 1.57. The first-order valence-corrected chi connectivity index (χ1v) is 5.58. The van der Waals surface area contributed by atoms with E-state index in [0.29, 0.717) is 18.4 Å². The summed E-state index contributed by atoms with van der Waals surface area (Å²) >= 11 is 0. The lowest BCUT2D eigenvalue weighted by Crippen LogP contribution is -2.16. The van der Waals surface area contributed by atoms with Crippen molar-refractivity contribution in [1.82, 2.24) is 0 Å². The maximum absolute atomic E-state index is 11.6. The minimum atomic E-state index is -0.496. The van der Waals surface area contributed by atoms with Crippen molar-refractivity contribution in [3.8, 4) is 0 Å². The molecule has 18 heavy (non-hydrogen) atoms. The highest BCUT2D eigenvalue weighted by Gasteiger charge is 2.20. The molecule has 92 valence electrons. The van der Waals surface area contributed by atoms with E-state index < -0.39 is 11.6 Å². The first kappa shape index (κ1) is 12.2. The molecule has 1 aromatic carbocycles. The van der Waals surface area contributed by atoms with Crippen LogP contribution >= 0.6 is 0 Å². The average molecular weight is 244 g/mol. The lowest BCUT2D eigenvalue weighted by molar-refractivity contribution is -0.140. The van der Waals surface area contributed by atoms with Crippen molar-refractivity contribution < 1.29 is 19.1 Å². The highest BCUT2D eigenvalue weighted by molar-refractivity contribution is 6.49. The molecule has 0 bridgehead atoms. The number of allylic oxidation sites excluding steroid dienone is 1. The number of hydrogen-bond acceptors (Lipinski definition) is 4. The largest absolute Gasteiger partial charge is 0.469 e. The number of ether oxygens (including phenoxy) is 1. The molecule has 1 aromatic rings. The normalized spacial score (nSPS) is 13.4. The summed E-state index contributed by atoms with van der Waals surface area (Å²) in [7, 11) is 1.35. The van der Waals surface area contributed by atoms with E-state index in [1.165, 1.54) is 13.2 Å². The number of Topliss-reactive ketones (excluding diaryl/α,β-unsaturated/α-hetero) is 1. The van der Waals surface area contributed by atoms with Gasteiger partial charge in [0.2, 0.25) is 11.6 Å². The van der Waals surface area contributed by atoms with Crippen LogP contribution in [0.3, 0.4) is 0 Å². The number of fused-ring (bicyclic) bond motifs is 1. The molecular weight excluding hydrogens is 232 g/mol. The van der Waals surface area contributed by atoms with E-state index in [-0.39, 0.29) is 5.97 Å². The Hall–Kier alpha value is -2.23. The molecule has 1 aliphatic carbocycles. The Morgan fingerprint density at radius 1 is 1.22 bits per heavy atom. The van der Waals surface area contributed by atoms with E-state index in [2.05, 4.69) is 4.74 Å². The number of benzene rings is 1. The predicted molar refractivity (Wildman–Crippen MR) is 65.2 cm³/mol. The van der Waals surface area contributed by atoms with Gasteiger partial charge in [0.1, 0.15) is 0 Å². The Labute approximate surface area is 104 Å².